The average Bonchev–Trinajstić information content (AvgIpc) is 2.94. The van der Waals surface area contributed by atoms with E-state index in [1.807, 2.05) is 6.92 Å². The highest BCUT2D eigenvalue weighted by Gasteiger charge is 2.23. The third-order valence-electron chi connectivity index (χ3n) is 3.44. The number of carbonyl (C=O) groups excluding carboxylic acids is 1. The first kappa shape index (κ1) is 15.8. The minimum absolute atomic E-state index is 0.282. The summed E-state index contributed by atoms with van der Waals surface area (Å²) >= 11 is 12.3. The number of aromatic nitrogens is 3. The van der Waals surface area contributed by atoms with Gasteiger partial charge in [0, 0.05) is 22.3 Å². The number of pyridine rings is 1. The highest BCUT2D eigenvalue weighted by atomic mass is 35.5. The van der Waals surface area contributed by atoms with Crippen LogP contribution in [-0.4, -0.2) is 27.2 Å². The van der Waals surface area contributed by atoms with E-state index < -0.39 is 5.97 Å². The molecule has 7 heteroatoms. The molecule has 2 aromatic heterocycles. The van der Waals surface area contributed by atoms with Gasteiger partial charge in [-0.1, -0.05) is 29.3 Å². The van der Waals surface area contributed by atoms with Crippen molar-refractivity contribution in [2.45, 2.75) is 13.8 Å². The Balaban J connectivity index is 2.38. The fraction of sp³-hybridized carbons (Fsp3) is 0.188. The van der Waals surface area contributed by atoms with E-state index in [1.165, 1.54) is 6.33 Å². The maximum Gasteiger partial charge on any atom is 0.339 e. The number of esters is 1. The lowest BCUT2D eigenvalue weighted by Gasteiger charge is -2.14. The molecule has 0 saturated carbocycles. The third-order valence-corrected chi connectivity index (χ3v) is 3.98. The molecule has 0 spiro atoms. The van der Waals surface area contributed by atoms with Crippen LogP contribution in [0.2, 0.25) is 10.0 Å². The first-order chi connectivity index (χ1) is 11.0. The van der Waals surface area contributed by atoms with E-state index in [0.29, 0.717) is 32.4 Å². The van der Waals surface area contributed by atoms with Crippen LogP contribution in [0.4, 0.5) is 0 Å². The molecule has 0 saturated heterocycles. The molecule has 0 unspecified atom stereocenters. The minimum atomic E-state index is -0.420. The molecule has 118 valence electrons. The zero-order chi connectivity index (χ0) is 16.6. The number of carbonyl (C=O) groups is 1. The number of hydrogen-bond donors (Lipinski definition) is 0. The zero-order valence-corrected chi connectivity index (χ0v) is 14.0. The monoisotopic (exact) mass is 349 g/mol. The molecule has 1 aromatic carbocycles. The molecule has 0 aliphatic carbocycles. The second-order valence-electron chi connectivity index (χ2n) is 4.93. The Labute approximate surface area is 142 Å². The van der Waals surface area contributed by atoms with Crippen molar-refractivity contribution in [2.75, 3.05) is 6.61 Å². The van der Waals surface area contributed by atoms with E-state index in [-0.39, 0.29) is 6.61 Å². The van der Waals surface area contributed by atoms with Gasteiger partial charge in [0.1, 0.15) is 6.33 Å². The summed E-state index contributed by atoms with van der Waals surface area (Å²) in [6.45, 7) is 3.86. The second kappa shape index (κ2) is 6.18. The van der Waals surface area contributed by atoms with E-state index in [9.17, 15) is 4.79 Å². The maximum absolute atomic E-state index is 12.5. The Morgan fingerprint density at radius 1 is 1.35 bits per heavy atom. The van der Waals surface area contributed by atoms with E-state index in [4.69, 9.17) is 27.9 Å². The van der Waals surface area contributed by atoms with Crippen LogP contribution in [0.15, 0.2) is 30.7 Å². The molecule has 0 aliphatic heterocycles. The van der Waals surface area contributed by atoms with Crippen molar-refractivity contribution in [3.63, 3.8) is 0 Å². The maximum atomic E-state index is 12.5. The van der Waals surface area contributed by atoms with Gasteiger partial charge in [-0.15, -0.1) is 0 Å². The smallest absolute Gasteiger partial charge is 0.339 e. The number of rotatable bonds is 3. The summed E-state index contributed by atoms with van der Waals surface area (Å²) in [6, 6.07) is 5.10. The molecule has 0 radical (unpaired) electrons. The summed E-state index contributed by atoms with van der Waals surface area (Å²) < 4.78 is 6.80. The molecule has 0 aliphatic rings. The number of benzene rings is 1. The first-order valence-corrected chi connectivity index (χ1v) is 7.74. The highest BCUT2D eigenvalue weighted by molar-refractivity contribution is 6.36. The Morgan fingerprint density at radius 3 is 2.83 bits per heavy atom. The van der Waals surface area contributed by atoms with Crippen molar-refractivity contribution in [2.24, 2.45) is 0 Å². The van der Waals surface area contributed by atoms with Crippen molar-refractivity contribution >= 4 is 34.8 Å². The van der Waals surface area contributed by atoms with Crippen LogP contribution in [0.25, 0.3) is 16.8 Å². The van der Waals surface area contributed by atoms with Crippen LogP contribution >= 0.6 is 23.2 Å². The van der Waals surface area contributed by atoms with Crippen LogP contribution < -0.4 is 0 Å². The van der Waals surface area contributed by atoms with E-state index in [0.717, 1.165) is 5.56 Å². The van der Waals surface area contributed by atoms with Gasteiger partial charge in [-0.2, -0.15) is 5.10 Å². The van der Waals surface area contributed by atoms with Gasteiger partial charge in [0.2, 0.25) is 0 Å². The Hall–Kier alpha value is -2.11. The van der Waals surface area contributed by atoms with Gasteiger partial charge in [-0.25, -0.2) is 14.3 Å². The minimum Gasteiger partial charge on any atom is -0.462 e. The molecule has 0 N–H and O–H groups in total. The summed E-state index contributed by atoms with van der Waals surface area (Å²) in [4.78, 5) is 16.7. The van der Waals surface area contributed by atoms with Crippen LogP contribution in [0.1, 0.15) is 22.8 Å². The van der Waals surface area contributed by atoms with Gasteiger partial charge in [0.05, 0.1) is 17.2 Å². The van der Waals surface area contributed by atoms with Crippen molar-refractivity contribution in [1.29, 1.82) is 0 Å². The fourth-order valence-electron chi connectivity index (χ4n) is 2.49. The number of fused-ring (bicyclic) bond motifs is 1. The lowest BCUT2D eigenvalue weighted by molar-refractivity contribution is 0.0526. The molecule has 2 heterocycles. The largest absolute Gasteiger partial charge is 0.462 e. The van der Waals surface area contributed by atoms with Gasteiger partial charge in [-0.3, -0.25) is 0 Å². The second-order valence-corrected chi connectivity index (χ2v) is 5.78. The summed E-state index contributed by atoms with van der Waals surface area (Å²) in [5, 5.41) is 5.09. The van der Waals surface area contributed by atoms with Crippen molar-refractivity contribution in [3.8, 4) is 11.1 Å². The molecular formula is C16H13Cl2N3O2. The van der Waals surface area contributed by atoms with Crippen LogP contribution in [0.5, 0.6) is 0 Å². The topological polar surface area (TPSA) is 56.5 Å². The number of halogens is 2. The molecule has 0 amide bonds. The Bertz CT molecular complexity index is 906. The highest BCUT2D eigenvalue weighted by Crippen LogP contribution is 2.36. The number of nitrogens with zero attached hydrogens (tertiary/aromatic N) is 3. The Kier molecular flexibility index (Phi) is 4.24. The van der Waals surface area contributed by atoms with Gasteiger partial charge in [0.15, 0.2) is 5.65 Å². The van der Waals surface area contributed by atoms with Crippen LogP contribution in [0, 0.1) is 6.92 Å². The summed E-state index contributed by atoms with van der Waals surface area (Å²) in [6.07, 6.45) is 3.17. The molecule has 23 heavy (non-hydrogen) atoms. The van der Waals surface area contributed by atoms with Gasteiger partial charge < -0.3 is 4.74 Å². The lowest BCUT2D eigenvalue weighted by atomic mass is 9.98. The van der Waals surface area contributed by atoms with Crippen molar-refractivity contribution < 1.29 is 9.53 Å². The molecule has 0 bridgehead atoms. The number of hydrogen-bond acceptors (Lipinski definition) is 4. The predicted octanol–water partition coefficient (Wildman–Crippen LogP) is 4.19. The summed E-state index contributed by atoms with van der Waals surface area (Å²) in [5.41, 5.74) is 2.92. The number of ether oxygens (including phenoxy) is 1. The quantitative estimate of drug-likeness (QED) is 0.665. The van der Waals surface area contributed by atoms with Crippen LogP contribution in [-0.2, 0) is 4.74 Å². The standard InChI is InChI=1S/C16H13Cl2N3O2/c1-3-23-16(22)13-9(2)7-21-15(19-8-20-21)14(13)11-5-4-10(17)6-12(11)18/h4-8H,3H2,1-2H3. The molecule has 3 aromatic rings. The van der Waals surface area contributed by atoms with Crippen molar-refractivity contribution in [1.82, 2.24) is 14.6 Å². The molecule has 3 rings (SSSR count). The van der Waals surface area contributed by atoms with E-state index >= 15 is 0 Å². The zero-order valence-electron chi connectivity index (χ0n) is 12.5. The Morgan fingerprint density at radius 2 is 2.13 bits per heavy atom. The fourth-order valence-corrected chi connectivity index (χ4v) is 3.00. The molecular weight excluding hydrogens is 337 g/mol. The van der Waals surface area contributed by atoms with Gasteiger partial charge in [0.25, 0.3) is 0 Å². The average molecular weight is 350 g/mol. The third kappa shape index (κ3) is 2.78. The normalized spacial score (nSPS) is 11.0. The summed E-state index contributed by atoms with van der Waals surface area (Å²) in [5.74, 6) is -0.420. The van der Waals surface area contributed by atoms with Gasteiger partial charge >= 0.3 is 5.97 Å². The van der Waals surface area contributed by atoms with Crippen LogP contribution in [0.3, 0.4) is 0 Å². The van der Waals surface area contributed by atoms with Crippen molar-refractivity contribution in [3.05, 3.63) is 51.9 Å². The van der Waals surface area contributed by atoms with E-state index in [2.05, 4.69) is 10.1 Å². The number of aryl methyl sites for hydroxylation is 1. The lowest BCUT2D eigenvalue weighted by Crippen LogP contribution is -2.11. The molecule has 0 fully saturated rings. The summed E-state index contributed by atoms with van der Waals surface area (Å²) in [7, 11) is 0. The molecule has 5 nitrogen and oxygen atoms in total. The predicted molar refractivity (Wildman–Crippen MR) is 89.1 cm³/mol. The SMILES string of the molecule is CCOC(=O)c1c(C)cn2ncnc2c1-c1ccc(Cl)cc1Cl. The van der Waals surface area contributed by atoms with Gasteiger partial charge in [-0.05, 0) is 31.5 Å². The van der Waals surface area contributed by atoms with E-state index in [1.54, 1.807) is 35.8 Å². The molecule has 0 atom stereocenters. The first-order valence-electron chi connectivity index (χ1n) is 6.98.